The van der Waals surface area contributed by atoms with E-state index in [0.717, 1.165) is 6.54 Å². The molecule has 1 nitrogen and oxygen atoms in total. The van der Waals surface area contributed by atoms with E-state index < -0.39 is 0 Å². The minimum absolute atomic E-state index is 0.255. The van der Waals surface area contributed by atoms with Gasteiger partial charge in [0.1, 0.15) is 0 Å². The molecule has 1 rings (SSSR count). The largest absolute Gasteiger partial charge is 0.314 e. The number of thioether (sulfide) groups is 1. The van der Waals surface area contributed by atoms with Crippen molar-refractivity contribution in [3.05, 3.63) is 29.8 Å². The van der Waals surface area contributed by atoms with E-state index in [1.165, 1.54) is 41.9 Å². The first-order chi connectivity index (χ1) is 9.93. The minimum Gasteiger partial charge on any atom is -0.314 e. The van der Waals surface area contributed by atoms with Crippen LogP contribution in [-0.4, -0.2) is 18.3 Å². The lowest BCUT2D eigenvalue weighted by molar-refractivity contribution is 0.496. The van der Waals surface area contributed by atoms with E-state index in [1.807, 2.05) is 11.8 Å². The van der Waals surface area contributed by atoms with E-state index in [2.05, 4.69) is 64.2 Å². The molecule has 0 aromatic heterocycles. The Hall–Kier alpha value is -0.470. The molecular formula is C19H33NS. The van der Waals surface area contributed by atoms with Gasteiger partial charge >= 0.3 is 0 Å². The summed E-state index contributed by atoms with van der Waals surface area (Å²) in [6.07, 6.45) is 5.16. The highest BCUT2D eigenvalue weighted by Gasteiger charge is 2.12. The Morgan fingerprint density at radius 2 is 1.76 bits per heavy atom. The molecule has 21 heavy (non-hydrogen) atoms. The molecule has 1 aromatic carbocycles. The number of hydrogen-bond acceptors (Lipinski definition) is 2. The quantitative estimate of drug-likeness (QED) is 0.468. The van der Waals surface area contributed by atoms with Crippen LogP contribution in [0.15, 0.2) is 29.2 Å². The van der Waals surface area contributed by atoms with E-state index in [4.69, 9.17) is 0 Å². The molecule has 1 unspecified atom stereocenters. The van der Waals surface area contributed by atoms with Crippen molar-refractivity contribution < 1.29 is 0 Å². The van der Waals surface area contributed by atoms with Crippen LogP contribution >= 0.6 is 11.8 Å². The highest BCUT2D eigenvalue weighted by atomic mass is 32.2. The van der Waals surface area contributed by atoms with Crippen molar-refractivity contribution in [1.29, 1.82) is 0 Å². The van der Waals surface area contributed by atoms with Gasteiger partial charge in [-0.05, 0) is 61.6 Å². The van der Waals surface area contributed by atoms with E-state index in [1.54, 1.807) is 0 Å². The molecule has 120 valence electrons. The number of hydrogen-bond donors (Lipinski definition) is 1. The third kappa shape index (κ3) is 7.92. The van der Waals surface area contributed by atoms with Gasteiger partial charge in [-0.1, -0.05) is 46.2 Å². The molecule has 1 N–H and O–H groups in total. The fourth-order valence-electron chi connectivity index (χ4n) is 2.29. The Labute approximate surface area is 136 Å². The Balaban J connectivity index is 2.18. The Bertz CT molecular complexity index is 378. The molecule has 2 heteroatoms. The van der Waals surface area contributed by atoms with Gasteiger partial charge in [0.2, 0.25) is 0 Å². The van der Waals surface area contributed by atoms with E-state index in [9.17, 15) is 0 Å². The van der Waals surface area contributed by atoms with Gasteiger partial charge in [0.15, 0.2) is 0 Å². The van der Waals surface area contributed by atoms with Gasteiger partial charge in [0.05, 0.1) is 0 Å². The summed E-state index contributed by atoms with van der Waals surface area (Å²) in [6.45, 7) is 12.5. The lowest BCUT2D eigenvalue weighted by Gasteiger charge is -2.19. The van der Waals surface area contributed by atoms with Gasteiger partial charge in [0.25, 0.3) is 0 Å². The van der Waals surface area contributed by atoms with Crippen LogP contribution in [0.5, 0.6) is 0 Å². The maximum atomic E-state index is 3.55. The molecule has 0 aliphatic rings. The van der Waals surface area contributed by atoms with Crippen molar-refractivity contribution in [3.8, 4) is 0 Å². The van der Waals surface area contributed by atoms with Crippen LogP contribution in [-0.2, 0) is 5.41 Å². The zero-order chi connectivity index (χ0) is 15.7. The third-order valence-corrected chi connectivity index (χ3v) is 4.86. The van der Waals surface area contributed by atoms with Crippen LogP contribution in [0.25, 0.3) is 0 Å². The predicted octanol–water partition coefficient (Wildman–Crippen LogP) is 5.63. The molecule has 0 fully saturated rings. The lowest BCUT2D eigenvalue weighted by Crippen LogP contribution is -2.26. The van der Waals surface area contributed by atoms with E-state index in [0.29, 0.717) is 6.04 Å². The fourth-order valence-corrected chi connectivity index (χ4v) is 3.20. The van der Waals surface area contributed by atoms with Gasteiger partial charge in [-0.3, -0.25) is 0 Å². The third-order valence-electron chi connectivity index (χ3n) is 3.76. The van der Waals surface area contributed by atoms with Crippen molar-refractivity contribution in [3.63, 3.8) is 0 Å². The second kappa shape index (κ2) is 9.53. The first kappa shape index (κ1) is 18.6. The highest BCUT2D eigenvalue weighted by Crippen LogP contribution is 2.26. The number of rotatable bonds is 9. The topological polar surface area (TPSA) is 12.0 Å². The Morgan fingerprint density at radius 1 is 1.10 bits per heavy atom. The summed E-state index contributed by atoms with van der Waals surface area (Å²) in [7, 11) is 0. The number of unbranched alkanes of at least 4 members (excludes halogenated alkanes) is 1. The Kier molecular flexibility index (Phi) is 8.43. The summed E-state index contributed by atoms with van der Waals surface area (Å²) in [5.74, 6) is 1.23. The van der Waals surface area contributed by atoms with Crippen molar-refractivity contribution in [2.75, 3.05) is 12.3 Å². The maximum absolute atomic E-state index is 3.55. The molecule has 0 amide bonds. The van der Waals surface area contributed by atoms with Gasteiger partial charge < -0.3 is 5.32 Å². The molecular weight excluding hydrogens is 274 g/mol. The number of benzene rings is 1. The van der Waals surface area contributed by atoms with Crippen molar-refractivity contribution >= 4 is 11.8 Å². The smallest absolute Gasteiger partial charge is 0.00721 e. The first-order valence-electron chi connectivity index (χ1n) is 8.40. The summed E-state index contributed by atoms with van der Waals surface area (Å²) in [5.41, 5.74) is 1.67. The van der Waals surface area contributed by atoms with Crippen LogP contribution in [0.2, 0.25) is 0 Å². The molecule has 0 aliphatic heterocycles. The van der Waals surface area contributed by atoms with Crippen LogP contribution < -0.4 is 5.32 Å². The molecule has 0 radical (unpaired) electrons. The molecule has 1 aromatic rings. The zero-order valence-electron chi connectivity index (χ0n) is 14.5. The second-order valence-electron chi connectivity index (χ2n) is 6.97. The van der Waals surface area contributed by atoms with Gasteiger partial charge in [-0.25, -0.2) is 0 Å². The molecule has 1 atom stereocenters. The standard InChI is InChI=1S/C19H33NS/c1-6-14-20-16(2)9-7-8-15-21-18-12-10-17(11-13-18)19(3,4)5/h10-13,16,20H,6-9,14-15H2,1-5H3. The second-order valence-corrected chi connectivity index (χ2v) is 8.14. The van der Waals surface area contributed by atoms with E-state index >= 15 is 0 Å². The number of nitrogens with one attached hydrogen (secondary N) is 1. The van der Waals surface area contributed by atoms with Crippen LogP contribution in [0.3, 0.4) is 0 Å². The highest BCUT2D eigenvalue weighted by molar-refractivity contribution is 7.99. The average Bonchev–Trinajstić information content (AvgIpc) is 2.44. The lowest BCUT2D eigenvalue weighted by atomic mass is 9.87. The molecule has 0 heterocycles. The van der Waals surface area contributed by atoms with Gasteiger partial charge in [-0.15, -0.1) is 11.8 Å². The van der Waals surface area contributed by atoms with Crippen molar-refractivity contribution in [1.82, 2.24) is 5.32 Å². The van der Waals surface area contributed by atoms with Gasteiger partial charge in [-0.2, -0.15) is 0 Å². The monoisotopic (exact) mass is 307 g/mol. The van der Waals surface area contributed by atoms with Crippen molar-refractivity contribution in [2.24, 2.45) is 0 Å². The molecule has 0 spiro atoms. The molecule has 0 aliphatic carbocycles. The van der Waals surface area contributed by atoms with E-state index in [-0.39, 0.29) is 5.41 Å². The zero-order valence-corrected chi connectivity index (χ0v) is 15.4. The molecule has 0 saturated heterocycles. The summed E-state index contributed by atoms with van der Waals surface area (Å²) in [5, 5.41) is 3.55. The fraction of sp³-hybridized carbons (Fsp3) is 0.684. The van der Waals surface area contributed by atoms with Crippen LogP contribution in [0, 0.1) is 0 Å². The first-order valence-corrected chi connectivity index (χ1v) is 9.38. The average molecular weight is 308 g/mol. The Morgan fingerprint density at radius 3 is 2.33 bits per heavy atom. The molecule has 0 saturated carbocycles. The van der Waals surface area contributed by atoms with Crippen LogP contribution in [0.1, 0.15) is 65.9 Å². The normalized spacial score (nSPS) is 13.4. The molecule has 0 bridgehead atoms. The summed E-state index contributed by atoms with van der Waals surface area (Å²) in [6, 6.07) is 9.77. The van der Waals surface area contributed by atoms with Crippen molar-refractivity contribution in [2.45, 2.75) is 76.7 Å². The van der Waals surface area contributed by atoms with Gasteiger partial charge in [0, 0.05) is 10.9 Å². The maximum Gasteiger partial charge on any atom is 0.00721 e. The minimum atomic E-state index is 0.255. The summed E-state index contributed by atoms with van der Waals surface area (Å²) in [4.78, 5) is 1.40. The predicted molar refractivity (Wildman–Crippen MR) is 97.5 cm³/mol. The van der Waals surface area contributed by atoms with Crippen LogP contribution in [0.4, 0.5) is 0 Å². The summed E-state index contributed by atoms with van der Waals surface area (Å²) < 4.78 is 0. The SMILES string of the molecule is CCCNC(C)CCCCSc1ccc(C(C)(C)C)cc1. The summed E-state index contributed by atoms with van der Waals surface area (Å²) >= 11 is 1.99.